The number of carbonyl (C=O) groups is 1. The molecule has 3 heteroatoms. The molecule has 0 heterocycles. The molecule has 0 aliphatic heterocycles. The lowest BCUT2D eigenvalue weighted by molar-refractivity contribution is -0.121. The number of rotatable bonds is 4. The van der Waals surface area contributed by atoms with Crippen LogP contribution in [0.15, 0.2) is 24.3 Å². The highest BCUT2D eigenvalue weighted by molar-refractivity contribution is 6.30. The van der Waals surface area contributed by atoms with Crippen LogP contribution in [0, 0.1) is 0 Å². The summed E-state index contributed by atoms with van der Waals surface area (Å²) in [6.07, 6.45) is 3.08. The molecule has 1 aliphatic carbocycles. The second-order valence-electron chi connectivity index (χ2n) is 4.20. The molecule has 0 aromatic heterocycles. The van der Waals surface area contributed by atoms with Crippen LogP contribution in [-0.2, 0) is 11.2 Å². The van der Waals surface area contributed by atoms with Crippen molar-refractivity contribution in [2.75, 3.05) is 0 Å². The minimum Gasteiger partial charge on any atom is -0.352 e. The Bertz CT molecular complexity index is 387. The third kappa shape index (κ3) is 2.56. The lowest BCUT2D eigenvalue weighted by atomic mass is 10.0. The van der Waals surface area contributed by atoms with Crippen molar-refractivity contribution in [3.05, 3.63) is 35.4 Å². The first-order valence-corrected chi connectivity index (χ1v) is 6.18. The zero-order valence-corrected chi connectivity index (χ0v) is 10.1. The van der Waals surface area contributed by atoms with Crippen LogP contribution in [0.2, 0.25) is 0 Å². The molecule has 0 spiro atoms. The highest BCUT2D eigenvalue weighted by Crippen LogP contribution is 2.27. The molecule has 1 atom stereocenters. The molecule has 1 saturated carbocycles. The molecule has 86 valence electrons. The number of aryl methyl sites for hydroxylation is 1. The second-order valence-corrected chi connectivity index (χ2v) is 4.63. The van der Waals surface area contributed by atoms with Crippen LogP contribution in [-0.4, -0.2) is 11.9 Å². The van der Waals surface area contributed by atoms with Crippen LogP contribution >= 0.6 is 11.6 Å². The Hall–Kier alpha value is -1.02. The first kappa shape index (κ1) is 11.5. The number of nitrogens with one attached hydrogen (secondary N) is 1. The predicted molar refractivity (Wildman–Crippen MR) is 65.6 cm³/mol. The zero-order chi connectivity index (χ0) is 11.5. The largest absolute Gasteiger partial charge is 0.352 e. The summed E-state index contributed by atoms with van der Waals surface area (Å²) in [5.74, 6) is -0.0648. The van der Waals surface area contributed by atoms with Gasteiger partial charge in [0.1, 0.15) is 5.38 Å². The monoisotopic (exact) mass is 237 g/mol. The number of halogens is 1. The van der Waals surface area contributed by atoms with Crippen LogP contribution in [0.4, 0.5) is 0 Å². The quantitative estimate of drug-likeness (QED) is 0.802. The van der Waals surface area contributed by atoms with E-state index in [2.05, 4.69) is 12.2 Å². The molecule has 0 radical (unpaired) electrons. The van der Waals surface area contributed by atoms with Gasteiger partial charge in [0.15, 0.2) is 0 Å². The number of hydrogen-bond donors (Lipinski definition) is 1. The summed E-state index contributed by atoms with van der Waals surface area (Å²) < 4.78 is 0. The fourth-order valence-corrected chi connectivity index (χ4v) is 2.02. The molecule has 16 heavy (non-hydrogen) atoms. The van der Waals surface area contributed by atoms with Crippen molar-refractivity contribution in [2.45, 2.75) is 37.6 Å². The maximum Gasteiger partial charge on any atom is 0.242 e. The van der Waals surface area contributed by atoms with Gasteiger partial charge in [0.25, 0.3) is 0 Å². The molecular weight excluding hydrogens is 222 g/mol. The summed E-state index contributed by atoms with van der Waals surface area (Å²) in [6.45, 7) is 2.07. The summed E-state index contributed by atoms with van der Waals surface area (Å²) in [4.78, 5) is 11.8. The van der Waals surface area contributed by atoms with E-state index in [0.717, 1.165) is 30.4 Å². The van der Waals surface area contributed by atoms with Gasteiger partial charge >= 0.3 is 0 Å². The minimum atomic E-state index is -0.559. The van der Waals surface area contributed by atoms with Gasteiger partial charge in [-0.15, -0.1) is 11.6 Å². The van der Waals surface area contributed by atoms with E-state index in [0.29, 0.717) is 6.04 Å². The summed E-state index contributed by atoms with van der Waals surface area (Å²) in [5, 5.41) is 2.37. The van der Waals surface area contributed by atoms with Gasteiger partial charge in [0.2, 0.25) is 5.91 Å². The Morgan fingerprint density at radius 1 is 1.50 bits per heavy atom. The summed E-state index contributed by atoms with van der Waals surface area (Å²) in [6, 6.07) is 8.22. The Labute approximate surface area is 101 Å². The van der Waals surface area contributed by atoms with Crippen molar-refractivity contribution in [2.24, 2.45) is 0 Å². The van der Waals surface area contributed by atoms with Gasteiger partial charge in [-0.2, -0.15) is 0 Å². The van der Waals surface area contributed by atoms with E-state index >= 15 is 0 Å². The fraction of sp³-hybridized carbons (Fsp3) is 0.462. The fourth-order valence-electron chi connectivity index (χ4n) is 1.75. The highest BCUT2D eigenvalue weighted by atomic mass is 35.5. The van der Waals surface area contributed by atoms with Crippen molar-refractivity contribution in [3.8, 4) is 0 Å². The lowest BCUT2D eigenvalue weighted by Crippen LogP contribution is -2.29. The maximum atomic E-state index is 11.8. The zero-order valence-electron chi connectivity index (χ0n) is 9.37. The van der Waals surface area contributed by atoms with E-state index in [9.17, 15) is 4.79 Å². The van der Waals surface area contributed by atoms with E-state index < -0.39 is 5.38 Å². The van der Waals surface area contributed by atoms with Gasteiger partial charge in [-0.1, -0.05) is 31.2 Å². The van der Waals surface area contributed by atoms with Gasteiger partial charge < -0.3 is 5.32 Å². The molecular formula is C13H16ClNO. The molecule has 1 aromatic carbocycles. The van der Waals surface area contributed by atoms with Gasteiger partial charge in [-0.25, -0.2) is 0 Å². The summed E-state index contributed by atoms with van der Waals surface area (Å²) in [7, 11) is 0. The lowest BCUT2D eigenvalue weighted by Gasteiger charge is -2.13. The second kappa shape index (κ2) is 4.88. The van der Waals surface area contributed by atoms with E-state index in [-0.39, 0.29) is 5.91 Å². The summed E-state index contributed by atoms with van der Waals surface area (Å²) >= 11 is 6.20. The van der Waals surface area contributed by atoms with E-state index in [4.69, 9.17) is 11.6 Å². The van der Waals surface area contributed by atoms with E-state index in [1.807, 2.05) is 24.3 Å². The molecule has 0 bridgehead atoms. The summed E-state index contributed by atoms with van der Waals surface area (Å²) in [5.41, 5.74) is 2.08. The van der Waals surface area contributed by atoms with Gasteiger partial charge in [0.05, 0.1) is 0 Å². The van der Waals surface area contributed by atoms with Crippen molar-refractivity contribution >= 4 is 17.5 Å². The van der Waals surface area contributed by atoms with Gasteiger partial charge in [-0.3, -0.25) is 4.79 Å². The van der Waals surface area contributed by atoms with Crippen molar-refractivity contribution in [3.63, 3.8) is 0 Å². The molecule has 1 amide bonds. The molecule has 1 unspecified atom stereocenters. The minimum absolute atomic E-state index is 0.0648. The van der Waals surface area contributed by atoms with Gasteiger partial charge in [0, 0.05) is 6.04 Å². The number of amides is 1. The van der Waals surface area contributed by atoms with E-state index in [1.165, 1.54) is 0 Å². The van der Waals surface area contributed by atoms with Gasteiger partial charge in [-0.05, 0) is 30.4 Å². The molecule has 1 N–H and O–H groups in total. The molecule has 2 nitrogen and oxygen atoms in total. The Morgan fingerprint density at radius 2 is 2.19 bits per heavy atom. The predicted octanol–water partition coefficient (Wildman–Crippen LogP) is 2.81. The molecule has 1 aliphatic rings. The third-order valence-electron chi connectivity index (χ3n) is 2.86. The molecule has 0 saturated heterocycles. The molecule has 1 aromatic rings. The topological polar surface area (TPSA) is 29.1 Å². The van der Waals surface area contributed by atoms with Crippen molar-refractivity contribution in [1.29, 1.82) is 0 Å². The standard InChI is InChI=1S/C13H16ClNO/c1-2-9-5-3-4-6-11(9)12(14)13(16)15-10-7-8-10/h3-6,10,12H,2,7-8H2,1H3,(H,15,16). The SMILES string of the molecule is CCc1ccccc1C(Cl)C(=O)NC1CC1. The van der Waals surface area contributed by atoms with Crippen LogP contribution < -0.4 is 5.32 Å². The number of alkyl halides is 1. The Balaban J connectivity index is 2.11. The van der Waals surface area contributed by atoms with Crippen LogP contribution in [0.25, 0.3) is 0 Å². The Kier molecular flexibility index (Phi) is 3.49. The van der Waals surface area contributed by atoms with Crippen LogP contribution in [0.5, 0.6) is 0 Å². The maximum absolute atomic E-state index is 11.8. The average Bonchev–Trinajstić information content (AvgIpc) is 3.11. The highest BCUT2D eigenvalue weighted by Gasteiger charge is 2.27. The average molecular weight is 238 g/mol. The van der Waals surface area contributed by atoms with Crippen molar-refractivity contribution in [1.82, 2.24) is 5.32 Å². The van der Waals surface area contributed by atoms with Crippen molar-refractivity contribution < 1.29 is 4.79 Å². The first-order chi connectivity index (χ1) is 7.72. The first-order valence-electron chi connectivity index (χ1n) is 5.74. The smallest absolute Gasteiger partial charge is 0.242 e. The van der Waals surface area contributed by atoms with E-state index in [1.54, 1.807) is 0 Å². The number of carbonyl (C=O) groups excluding carboxylic acids is 1. The number of benzene rings is 1. The van der Waals surface area contributed by atoms with Crippen LogP contribution in [0.3, 0.4) is 0 Å². The number of hydrogen-bond acceptors (Lipinski definition) is 1. The molecule has 1 fully saturated rings. The van der Waals surface area contributed by atoms with Crippen LogP contribution in [0.1, 0.15) is 36.3 Å². The third-order valence-corrected chi connectivity index (χ3v) is 3.30. The Morgan fingerprint density at radius 3 is 2.81 bits per heavy atom. The molecule has 2 rings (SSSR count). The normalized spacial score (nSPS) is 16.9.